The first-order valence-corrected chi connectivity index (χ1v) is 7.06. The number of thioether (sulfide) groups is 1. The number of hydrogen-bond donors (Lipinski definition) is 1. The molecule has 0 saturated carbocycles. The number of anilines is 1. The first-order chi connectivity index (χ1) is 9.60. The second kappa shape index (κ2) is 6.46. The standard InChI is InChI=1S/C13H11ClN4OS/c1-18-5-4-16-13(18)20-8-12(19)17-10-3-2-9(7-15)11(14)6-10/h2-6H,8H2,1H3,(H,17,19). The number of hydrogen-bond acceptors (Lipinski definition) is 4. The van der Waals surface area contributed by atoms with Gasteiger partial charge in [0.15, 0.2) is 5.16 Å². The van der Waals surface area contributed by atoms with Crippen LogP contribution in [-0.2, 0) is 11.8 Å². The molecule has 0 aliphatic carbocycles. The summed E-state index contributed by atoms with van der Waals surface area (Å²) in [6.07, 6.45) is 3.50. The number of imidazole rings is 1. The van der Waals surface area contributed by atoms with Crippen LogP contribution < -0.4 is 5.32 Å². The van der Waals surface area contributed by atoms with Gasteiger partial charge in [-0.25, -0.2) is 4.98 Å². The Balaban J connectivity index is 1.93. The van der Waals surface area contributed by atoms with Gasteiger partial charge in [-0.05, 0) is 18.2 Å². The molecule has 1 amide bonds. The van der Waals surface area contributed by atoms with E-state index in [1.54, 1.807) is 24.4 Å². The summed E-state index contributed by atoms with van der Waals surface area (Å²) in [5, 5.41) is 12.6. The summed E-state index contributed by atoms with van der Waals surface area (Å²) in [7, 11) is 1.87. The number of aryl methyl sites for hydroxylation is 1. The molecule has 102 valence electrons. The Morgan fingerprint density at radius 2 is 2.40 bits per heavy atom. The maximum absolute atomic E-state index is 11.8. The van der Waals surface area contributed by atoms with Crippen LogP contribution in [0.2, 0.25) is 5.02 Å². The minimum atomic E-state index is -0.154. The van der Waals surface area contributed by atoms with E-state index < -0.39 is 0 Å². The van der Waals surface area contributed by atoms with Crippen molar-refractivity contribution in [3.63, 3.8) is 0 Å². The van der Waals surface area contributed by atoms with Gasteiger partial charge in [-0.1, -0.05) is 23.4 Å². The molecule has 0 bridgehead atoms. The van der Waals surface area contributed by atoms with Crippen molar-refractivity contribution in [2.24, 2.45) is 7.05 Å². The SMILES string of the molecule is Cn1ccnc1SCC(=O)Nc1ccc(C#N)c(Cl)c1. The van der Waals surface area contributed by atoms with Crippen LogP contribution in [0.3, 0.4) is 0 Å². The highest BCUT2D eigenvalue weighted by Crippen LogP contribution is 2.21. The number of nitrogens with one attached hydrogen (secondary N) is 1. The lowest BCUT2D eigenvalue weighted by atomic mass is 10.2. The molecule has 0 spiro atoms. The van der Waals surface area contributed by atoms with E-state index in [2.05, 4.69) is 10.3 Å². The summed E-state index contributed by atoms with van der Waals surface area (Å²) in [5.74, 6) is 0.0985. The van der Waals surface area contributed by atoms with Crippen molar-refractivity contribution >= 4 is 35.0 Å². The van der Waals surface area contributed by atoms with Gasteiger partial charge in [0.05, 0.1) is 16.3 Å². The van der Waals surface area contributed by atoms with Crippen molar-refractivity contribution in [2.75, 3.05) is 11.1 Å². The Hall–Kier alpha value is -1.97. The molecule has 1 heterocycles. The zero-order valence-electron chi connectivity index (χ0n) is 10.6. The van der Waals surface area contributed by atoms with Gasteiger partial charge in [0.25, 0.3) is 0 Å². The van der Waals surface area contributed by atoms with E-state index in [0.717, 1.165) is 5.16 Å². The highest BCUT2D eigenvalue weighted by molar-refractivity contribution is 7.99. The molecular weight excluding hydrogens is 296 g/mol. The maximum Gasteiger partial charge on any atom is 0.234 e. The number of rotatable bonds is 4. The molecule has 0 atom stereocenters. The van der Waals surface area contributed by atoms with E-state index in [1.165, 1.54) is 11.8 Å². The number of benzene rings is 1. The molecule has 0 unspecified atom stereocenters. The van der Waals surface area contributed by atoms with Crippen molar-refractivity contribution in [3.8, 4) is 6.07 Å². The molecule has 1 aromatic heterocycles. The van der Waals surface area contributed by atoms with Crippen LogP contribution >= 0.6 is 23.4 Å². The number of carbonyl (C=O) groups is 1. The van der Waals surface area contributed by atoms with Crippen LogP contribution in [0.15, 0.2) is 35.7 Å². The van der Waals surface area contributed by atoms with E-state index in [9.17, 15) is 4.79 Å². The molecular formula is C13H11ClN4OS. The molecule has 5 nitrogen and oxygen atoms in total. The Bertz CT molecular complexity index is 677. The first kappa shape index (κ1) is 14.4. The highest BCUT2D eigenvalue weighted by Gasteiger charge is 2.08. The monoisotopic (exact) mass is 306 g/mol. The fourth-order valence-corrected chi connectivity index (χ4v) is 2.46. The number of amides is 1. The van der Waals surface area contributed by atoms with Gasteiger partial charge in [0, 0.05) is 25.1 Å². The summed E-state index contributed by atoms with van der Waals surface area (Å²) in [5.41, 5.74) is 0.950. The topological polar surface area (TPSA) is 70.7 Å². The third-order valence-electron chi connectivity index (χ3n) is 2.48. The Kier molecular flexibility index (Phi) is 4.66. The van der Waals surface area contributed by atoms with E-state index in [1.807, 2.05) is 23.9 Å². The fraction of sp³-hybridized carbons (Fsp3) is 0.154. The zero-order valence-corrected chi connectivity index (χ0v) is 12.2. The van der Waals surface area contributed by atoms with Crippen LogP contribution in [0.5, 0.6) is 0 Å². The van der Waals surface area contributed by atoms with Gasteiger partial charge in [-0.2, -0.15) is 5.26 Å². The van der Waals surface area contributed by atoms with Gasteiger partial charge in [0.2, 0.25) is 5.91 Å². The lowest BCUT2D eigenvalue weighted by Gasteiger charge is -2.06. The van der Waals surface area contributed by atoms with Gasteiger partial charge in [-0.15, -0.1) is 0 Å². The maximum atomic E-state index is 11.8. The quantitative estimate of drug-likeness (QED) is 0.882. The lowest BCUT2D eigenvalue weighted by Crippen LogP contribution is -2.14. The lowest BCUT2D eigenvalue weighted by molar-refractivity contribution is -0.113. The van der Waals surface area contributed by atoms with Crippen molar-refractivity contribution in [3.05, 3.63) is 41.2 Å². The number of halogens is 1. The van der Waals surface area contributed by atoms with E-state index >= 15 is 0 Å². The molecule has 2 aromatic rings. The third kappa shape index (κ3) is 3.53. The molecule has 7 heteroatoms. The summed E-state index contributed by atoms with van der Waals surface area (Å²) >= 11 is 7.25. The molecule has 2 rings (SSSR count). The zero-order chi connectivity index (χ0) is 14.5. The number of aromatic nitrogens is 2. The van der Waals surface area contributed by atoms with E-state index in [0.29, 0.717) is 16.3 Å². The van der Waals surface area contributed by atoms with Crippen molar-refractivity contribution in [2.45, 2.75) is 5.16 Å². The van der Waals surface area contributed by atoms with E-state index in [4.69, 9.17) is 16.9 Å². The molecule has 0 aliphatic rings. The summed E-state index contributed by atoms with van der Waals surface area (Å²) < 4.78 is 1.84. The fourth-order valence-electron chi connectivity index (χ4n) is 1.50. The van der Waals surface area contributed by atoms with Crippen LogP contribution in [0.4, 0.5) is 5.69 Å². The summed E-state index contributed by atoms with van der Waals surface area (Å²) in [4.78, 5) is 15.9. The average molecular weight is 307 g/mol. The molecule has 0 radical (unpaired) electrons. The minimum Gasteiger partial charge on any atom is -0.329 e. The average Bonchev–Trinajstić information content (AvgIpc) is 2.82. The van der Waals surface area contributed by atoms with Gasteiger partial charge < -0.3 is 9.88 Å². The number of nitriles is 1. The summed E-state index contributed by atoms with van der Waals surface area (Å²) in [6.45, 7) is 0. The smallest absolute Gasteiger partial charge is 0.234 e. The molecule has 20 heavy (non-hydrogen) atoms. The molecule has 0 fully saturated rings. The van der Waals surface area contributed by atoms with Crippen LogP contribution in [0, 0.1) is 11.3 Å². The van der Waals surface area contributed by atoms with Crippen LogP contribution in [-0.4, -0.2) is 21.2 Å². The summed E-state index contributed by atoms with van der Waals surface area (Å²) in [6, 6.07) is 6.74. The Labute approximate surface area is 125 Å². The van der Waals surface area contributed by atoms with Gasteiger partial charge in [-0.3, -0.25) is 4.79 Å². The third-order valence-corrected chi connectivity index (χ3v) is 3.85. The molecule has 1 aromatic carbocycles. The normalized spacial score (nSPS) is 10.1. The van der Waals surface area contributed by atoms with Crippen molar-refractivity contribution in [1.82, 2.24) is 9.55 Å². The molecule has 0 saturated heterocycles. The number of carbonyl (C=O) groups excluding carboxylic acids is 1. The minimum absolute atomic E-state index is 0.154. The molecule has 1 N–H and O–H groups in total. The predicted molar refractivity (Wildman–Crippen MR) is 78.7 cm³/mol. The van der Waals surface area contributed by atoms with Crippen LogP contribution in [0.1, 0.15) is 5.56 Å². The Morgan fingerprint density at radius 3 is 3.00 bits per heavy atom. The van der Waals surface area contributed by atoms with Gasteiger partial charge >= 0.3 is 0 Å². The highest BCUT2D eigenvalue weighted by atomic mass is 35.5. The van der Waals surface area contributed by atoms with E-state index in [-0.39, 0.29) is 11.7 Å². The van der Waals surface area contributed by atoms with Crippen molar-refractivity contribution in [1.29, 1.82) is 5.26 Å². The number of nitrogens with zero attached hydrogens (tertiary/aromatic N) is 3. The largest absolute Gasteiger partial charge is 0.329 e. The molecule has 0 aliphatic heterocycles. The van der Waals surface area contributed by atoms with Crippen LogP contribution in [0.25, 0.3) is 0 Å². The Morgan fingerprint density at radius 1 is 1.60 bits per heavy atom. The second-order valence-corrected chi connectivity index (χ2v) is 5.31. The van der Waals surface area contributed by atoms with Crippen molar-refractivity contribution < 1.29 is 4.79 Å². The second-order valence-electron chi connectivity index (χ2n) is 3.96. The predicted octanol–water partition coefficient (Wildman–Crippen LogP) is 2.68. The van der Waals surface area contributed by atoms with Gasteiger partial charge in [0.1, 0.15) is 6.07 Å². The first-order valence-electron chi connectivity index (χ1n) is 5.70.